The van der Waals surface area contributed by atoms with Crippen molar-refractivity contribution in [3.63, 3.8) is 0 Å². The molecule has 1 saturated carbocycles. The molecule has 2 aromatic rings. The quantitative estimate of drug-likeness (QED) is 0.744. The number of rotatable bonds is 6. The molecule has 0 unspecified atom stereocenters. The van der Waals surface area contributed by atoms with Crippen LogP contribution >= 0.6 is 15.9 Å². The van der Waals surface area contributed by atoms with Crippen LogP contribution in [0, 0.1) is 19.7 Å². The van der Waals surface area contributed by atoms with Gasteiger partial charge in [0.2, 0.25) is 5.91 Å². The molecule has 24 heavy (non-hydrogen) atoms. The molecular formula is C18H21BrFN3O. The van der Waals surface area contributed by atoms with Gasteiger partial charge < -0.3 is 4.90 Å². The maximum atomic E-state index is 14.0. The van der Waals surface area contributed by atoms with E-state index in [1.807, 2.05) is 29.5 Å². The first-order valence-electron chi connectivity index (χ1n) is 8.18. The number of aryl methyl sites for hydroxylation is 3. The molecule has 4 nitrogen and oxygen atoms in total. The number of nitrogens with zero attached hydrogens (tertiary/aromatic N) is 3. The minimum Gasteiger partial charge on any atom is -0.335 e. The Labute approximate surface area is 149 Å². The molecule has 0 atom stereocenters. The normalized spacial score (nSPS) is 14.0. The number of carbonyl (C=O) groups is 1. The van der Waals surface area contributed by atoms with E-state index in [4.69, 9.17) is 0 Å². The smallest absolute Gasteiger partial charge is 0.224 e. The van der Waals surface area contributed by atoms with Gasteiger partial charge in [0.15, 0.2) is 0 Å². The van der Waals surface area contributed by atoms with Crippen molar-refractivity contribution in [2.45, 2.75) is 52.2 Å². The SMILES string of the molecule is Cc1cc(C)n(CCC(=O)N(Cc2cc(Br)ccc2F)C2CC2)n1. The Morgan fingerprint density at radius 3 is 2.75 bits per heavy atom. The second kappa shape index (κ2) is 7.05. The fourth-order valence-electron chi connectivity index (χ4n) is 2.90. The summed E-state index contributed by atoms with van der Waals surface area (Å²) in [5, 5.41) is 4.39. The van der Waals surface area contributed by atoms with Crippen molar-refractivity contribution in [2.75, 3.05) is 0 Å². The van der Waals surface area contributed by atoms with Gasteiger partial charge in [0.25, 0.3) is 0 Å². The van der Waals surface area contributed by atoms with Gasteiger partial charge in [-0.05, 0) is 51.0 Å². The van der Waals surface area contributed by atoms with E-state index in [1.165, 1.54) is 6.07 Å². The molecular weight excluding hydrogens is 373 g/mol. The third-order valence-corrected chi connectivity index (χ3v) is 4.79. The standard InChI is InChI=1S/C18H21BrFN3O/c1-12-9-13(2)23(21-12)8-7-18(24)22(16-4-5-16)11-14-10-15(19)3-6-17(14)20/h3,6,9-10,16H,4-5,7-8,11H2,1-2H3. The van der Waals surface area contributed by atoms with Crippen LogP contribution in [0.4, 0.5) is 4.39 Å². The van der Waals surface area contributed by atoms with Crippen LogP contribution in [0.3, 0.4) is 0 Å². The monoisotopic (exact) mass is 393 g/mol. The fraction of sp³-hybridized carbons (Fsp3) is 0.444. The highest BCUT2D eigenvalue weighted by molar-refractivity contribution is 9.10. The van der Waals surface area contributed by atoms with Crippen LogP contribution in [0.1, 0.15) is 36.2 Å². The van der Waals surface area contributed by atoms with E-state index in [9.17, 15) is 9.18 Å². The highest BCUT2D eigenvalue weighted by Crippen LogP contribution is 2.30. The summed E-state index contributed by atoms with van der Waals surface area (Å²) in [5.41, 5.74) is 2.56. The Balaban J connectivity index is 1.68. The molecule has 1 aromatic heterocycles. The van der Waals surface area contributed by atoms with Crippen molar-refractivity contribution in [2.24, 2.45) is 0 Å². The Morgan fingerprint density at radius 1 is 1.38 bits per heavy atom. The molecule has 0 bridgehead atoms. The van der Waals surface area contributed by atoms with Crippen LogP contribution in [0.25, 0.3) is 0 Å². The summed E-state index contributed by atoms with van der Waals surface area (Å²) in [6, 6.07) is 7.10. The van der Waals surface area contributed by atoms with Gasteiger partial charge >= 0.3 is 0 Å². The van der Waals surface area contributed by atoms with Crippen molar-refractivity contribution in [1.82, 2.24) is 14.7 Å². The van der Waals surface area contributed by atoms with Crippen LogP contribution in [0.5, 0.6) is 0 Å². The first-order valence-corrected chi connectivity index (χ1v) is 8.98. The number of hydrogen-bond donors (Lipinski definition) is 0. The zero-order chi connectivity index (χ0) is 17.3. The summed E-state index contributed by atoms with van der Waals surface area (Å²) >= 11 is 3.37. The molecule has 1 aliphatic rings. The summed E-state index contributed by atoms with van der Waals surface area (Å²) in [6.07, 6.45) is 2.39. The predicted molar refractivity (Wildman–Crippen MR) is 94.0 cm³/mol. The summed E-state index contributed by atoms with van der Waals surface area (Å²) in [6.45, 7) is 4.81. The Kier molecular flexibility index (Phi) is 5.04. The van der Waals surface area contributed by atoms with Crippen molar-refractivity contribution in [3.8, 4) is 0 Å². The van der Waals surface area contributed by atoms with E-state index < -0.39 is 0 Å². The number of carbonyl (C=O) groups excluding carboxylic acids is 1. The molecule has 1 heterocycles. The molecule has 0 radical (unpaired) electrons. The summed E-state index contributed by atoms with van der Waals surface area (Å²) in [7, 11) is 0. The second-order valence-electron chi connectivity index (χ2n) is 6.39. The third kappa shape index (κ3) is 4.04. The number of benzene rings is 1. The van der Waals surface area contributed by atoms with Gasteiger partial charge in [-0.15, -0.1) is 0 Å². The zero-order valence-corrected chi connectivity index (χ0v) is 15.5. The molecule has 1 fully saturated rings. The average molecular weight is 394 g/mol. The van der Waals surface area contributed by atoms with E-state index in [1.54, 1.807) is 12.1 Å². The lowest BCUT2D eigenvalue weighted by molar-refractivity contribution is -0.132. The molecule has 0 spiro atoms. The molecule has 1 aliphatic carbocycles. The third-order valence-electron chi connectivity index (χ3n) is 4.30. The predicted octanol–water partition coefficient (Wildman–Crippen LogP) is 3.98. The summed E-state index contributed by atoms with van der Waals surface area (Å²) < 4.78 is 16.7. The van der Waals surface area contributed by atoms with Crippen LogP contribution < -0.4 is 0 Å². The Morgan fingerprint density at radius 2 is 2.12 bits per heavy atom. The van der Waals surface area contributed by atoms with Gasteiger partial charge in [0.1, 0.15) is 5.82 Å². The Bertz CT molecular complexity index is 755. The molecule has 0 saturated heterocycles. The maximum absolute atomic E-state index is 14.0. The van der Waals surface area contributed by atoms with E-state index in [0.717, 1.165) is 28.7 Å². The van der Waals surface area contributed by atoms with Gasteiger partial charge in [-0.3, -0.25) is 9.48 Å². The summed E-state index contributed by atoms with van der Waals surface area (Å²) in [5.74, 6) is -0.209. The number of amides is 1. The van der Waals surface area contributed by atoms with Gasteiger partial charge in [-0.1, -0.05) is 15.9 Å². The van der Waals surface area contributed by atoms with Gasteiger partial charge in [0.05, 0.1) is 5.69 Å². The van der Waals surface area contributed by atoms with Crippen molar-refractivity contribution < 1.29 is 9.18 Å². The van der Waals surface area contributed by atoms with Crippen LogP contribution in [-0.2, 0) is 17.9 Å². The van der Waals surface area contributed by atoms with Crippen molar-refractivity contribution >= 4 is 21.8 Å². The minimum atomic E-state index is -0.268. The summed E-state index contributed by atoms with van der Waals surface area (Å²) in [4.78, 5) is 14.5. The number of aromatic nitrogens is 2. The van der Waals surface area contributed by atoms with E-state index >= 15 is 0 Å². The molecule has 1 aromatic carbocycles. The molecule has 6 heteroatoms. The molecule has 0 N–H and O–H groups in total. The second-order valence-corrected chi connectivity index (χ2v) is 7.30. The highest BCUT2D eigenvalue weighted by atomic mass is 79.9. The van der Waals surface area contributed by atoms with Crippen LogP contribution in [0.2, 0.25) is 0 Å². The molecule has 3 rings (SSSR count). The molecule has 0 aliphatic heterocycles. The number of halogens is 2. The van der Waals surface area contributed by atoms with Gasteiger partial charge in [0, 0.05) is 41.3 Å². The largest absolute Gasteiger partial charge is 0.335 e. The number of hydrogen-bond acceptors (Lipinski definition) is 2. The topological polar surface area (TPSA) is 38.1 Å². The van der Waals surface area contributed by atoms with E-state index in [-0.39, 0.29) is 17.8 Å². The van der Waals surface area contributed by atoms with E-state index in [2.05, 4.69) is 21.0 Å². The van der Waals surface area contributed by atoms with Gasteiger partial charge in [-0.25, -0.2) is 4.39 Å². The Hall–Kier alpha value is -1.69. The maximum Gasteiger partial charge on any atom is 0.224 e. The molecule has 128 valence electrons. The lowest BCUT2D eigenvalue weighted by Gasteiger charge is -2.23. The zero-order valence-electron chi connectivity index (χ0n) is 13.9. The first kappa shape index (κ1) is 17.1. The highest BCUT2D eigenvalue weighted by Gasteiger charge is 2.32. The average Bonchev–Trinajstić information content (AvgIpc) is 3.31. The van der Waals surface area contributed by atoms with Crippen molar-refractivity contribution in [3.05, 3.63) is 51.5 Å². The fourth-order valence-corrected chi connectivity index (χ4v) is 3.31. The van der Waals surface area contributed by atoms with Crippen LogP contribution in [-0.4, -0.2) is 26.6 Å². The lowest BCUT2D eigenvalue weighted by atomic mass is 10.2. The minimum absolute atomic E-state index is 0.0597. The molecule has 1 amide bonds. The van der Waals surface area contributed by atoms with Crippen molar-refractivity contribution in [1.29, 1.82) is 0 Å². The van der Waals surface area contributed by atoms with E-state index in [0.29, 0.717) is 25.1 Å². The van der Waals surface area contributed by atoms with Gasteiger partial charge in [-0.2, -0.15) is 5.10 Å². The van der Waals surface area contributed by atoms with Crippen LogP contribution in [0.15, 0.2) is 28.7 Å². The first-order chi connectivity index (χ1) is 11.4. The lowest BCUT2D eigenvalue weighted by Crippen LogP contribution is -2.33.